The number of aryl methyl sites for hydroxylation is 1. The molecule has 1 N–H and O–H groups in total. The summed E-state index contributed by atoms with van der Waals surface area (Å²) >= 11 is 0. The number of pyridine rings is 1. The lowest BCUT2D eigenvalue weighted by Gasteiger charge is -2.28. The number of aliphatic hydroxyl groups excluding tert-OH is 1. The van der Waals surface area contributed by atoms with Crippen LogP contribution < -0.4 is 14.5 Å². The van der Waals surface area contributed by atoms with Crippen LogP contribution in [0.4, 0.5) is 11.4 Å². The zero-order valence-corrected chi connectivity index (χ0v) is 18.4. The molecule has 2 aromatic carbocycles. The molecule has 1 saturated heterocycles. The van der Waals surface area contributed by atoms with Crippen LogP contribution in [0.25, 0.3) is 5.76 Å². The van der Waals surface area contributed by atoms with Crippen molar-refractivity contribution in [2.75, 3.05) is 30.0 Å². The lowest BCUT2D eigenvalue weighted by Crippen LogP contribution is -2.29. The van der Waals surface area contributed by atoms with Gasteiger partial charge in [0.25, 0.3) is 11.7 Å². The maximum atomic E-state index is 13.3. The van der Waals surface area contributed by atoms with Gasteiger partial charge in [-0.25, -0.2) is 0 Å². The number of carbonyl (C=O) groups is 2. The minimum absolute atomic E-state index is 0.0135. The lowest BCUT2D eigenvalue weighted by molar-refractivity contribution is -0.132. The van der Waals surface area contributed by atoms with Gasteiger partial charge >= 0.3 is 0 Å². The molecule has 1 atom stereocenters. The van der Waals surface area contributed by atoms with Gasteiger partial charge < -0.3 is 14.7 Å². The molecule has 0 saturated carbocycles. The number of aromatic nitrogens is 1. The maximum absolute atomic E-state index is 13.3. The standard InChI is InChI=1S/C26H23N3O4/c1-16-6-5-7-18(14-16)29-23(19-8-3-4-11-27-19)22(25(31)26(29)32)24(30)17-9-10-21-20(15-17)28(2)12-13-33-21/h3-11,14-15,23,30H,12-13H2,1-2H3/b24-22-. The second-order valence-electron chi connectivity index (χ2n) is 8.22. The van der Waals surface area contributed by atoms with Gasteiger partial charge in [0.15, 0.2) is 0 Å². The third kappa shape index (κ3) is 3.51. The molecule has 3 aromatic rings. The molecule has 5 rings (SSSR count). The van der Waals surface area contributed by atoms with Crippen molar-refractivity contribution in [1.29, 1.82) is 0 Å². The van der Waals surface area contributed by atoms with Crippen molar-refractivity contribution in [3.8, 4) is 5.75 Å². The quantitative estimate of drug-likeness (QED) is 0.378. The number of amides is 1. The zero-order chi connectivity index (χ0) is 23.1. The van der Waals surface area contributed by atoms with Crippen LogP contribution in [-0.2, 0) is 9.59 Å². The molecule has 1 unspecified atom stereocenters. The second kappa shape index (κ2) is 8.09. The summed E-state index contributed by atoms with van der Waals surface area (Å²) in [4.78, 5) is 34.3. The van der Waals surface area contributed by atoms with E-state index in [1.807, 2.05) is 37.1 Å². The number of nitrogens with zero attached hydrogens (tertiary/aromatic N) is 3. The molecule has 166 valence electrons. The molecular weight excluding hydrogens is 418 g/mol. The number of fused-ring (bicyclic) bond motifs is 1. The first-order chi connectivity index (χ1) is 16.0. The number of hydrogen-bond acceptors (Lipinski definition) is 6. The number of ether oxygens (including phenoxy) is 1. The normalized spacial score (nSPS) is 19.4. The third-order valence-electron chi connectivity index (χ3n) is 6.02. The Kier molecular flexibility index (Phi) is 5.09. The number of Topliss-reactive ketones (excluding diaryl/α,β-unsaturated/α-hetero) is 1. The first kappa shape index (κ1) is 20.8. The molecule has 1 amide bonds. The number of benzene rings is 2. The highest BCUT2D eigenvalue weighted by Gasteiger charge is 2.47. The van der Waals surface area contributed by atoms with E-state index in [1.165, 1.54) is 4.90 Å². The highest BCUT2D eigenvalue weighted by molar-refractivity contribution is 6.51. The zero-order valence-electron chi connectivity index (χ0n) is 18.4. The molecule has 3 heterocycles. The van der Waals surface area contributed by atoms with Gasteiger partial charge in [0.2, 0.25) is 0 Å². The Morgan fingerprint density at radius 3 is 2.70 bits per heavy atom. The Labute approximate surface area is 191 Å². The minimum atomic E-state index is -0.849. The molecule has 1 fully saturated rings. The van der Waals surface area contributed by atoms with Gasteiger partial charge in [-0.3, -0.25) is 19.5 Å². The molecular formula is C26H23N3O4. The average Bonchev–Trinajstić information content (AvgIpc) is 3.10. The van der Waals surface area contributed by atoms with Crippen molar-refractivity contribution in [3.05, 3.63) is 89.3 Å². The van der Waals surface area contributed by atoms with Crippen LogP contribution in [0.5, 0.6) is 5.75 Å². The SMILES string of the molecule is Cc1cccc(N2C(=O)C(=O)/C(=C(\O)c3ccc4c(c3)N(C)CCO4)C2c2ccccn2)c1. The van der Waals surface area contributed by atoms with Crippen LogP contribution >= 0.6 is 0 Å². The smallest absolute Gasteiger partial charge is 0.300 e. The molecule has 2 aliphatic heterocycles. The van der Waals surface area contributed by atoms with Crippen LogP contribution in [0.15, 0.2) is 72.4 Å². The summed E-state index contributed by atoms with van der Waals surface area (Å²) in [6.45, 7) is 3.21. The molecule has 2 aliphatic rings. The summed E-state index contributed by atoms with van der Waals surface area (Å²) in [6.07, 6.45) is 1.61. The summed E-state index contributed by atoms with van der Waals surface area (Å²) < 4.78 is 5.69. The van der Waals surface area contributed by atoms with E-state index in [2.05, 4.69) is 4.98 Å². The predicted octanol–water partition coefficient (Wildman–Crippen LogP) is 3.84. The fraction of sp³-hybridized carbons (Fsp3) is 0.192. The van der Waals surface area contributed by atoms with Crippen LogP contribution in [0.3, 0.4) is 0 Å². The van der Waals surface area contributed by atoms with Crippen molar-refractivity contribution in [1.82, 2.24) is 4.98 Å². The summed E-state index contributed by atoms with van der Waals surface area (Å²) in [7, 11) is 1.94. The van der Waals surface area contributed by atoms with Gasteiger partial charge in [-0.15, -0.1) is 0 Å². The molecule has 0 aliphatic carbocycles. The second-order valence-corrected chi connectivity index (χ2v) is 8.22. The van der Waals surface area contributed by atoms with Gasteiger partial charge in [0.1, 0.15) is 24.2 Å². The van der Waals surface area contributed by atoms with Crippen LogP contribution in [0.1, 0.15) is 22.9 Å². The Morgan fingerprint density at radius 2 is 1.94 bits per heavy atom. The van der Waals surface area contributed by atoms with E-state index in [1.54, 1.807) is 48.7 Å². The van der Waals surface area contributed by atoms with E-state index < -0.39 is 17.7 Å². The molecule has 33 heavy (non-hydrogen) atoms. The Morgan fingerprint density at radius 1 is 1.09 bits per heavy atom. The summed E-state index contributed by atoms with van der Waals surface area (Å²) in [6, 6.07) is 17.1. The molecule has 7 heteroatoms. The largest absolute Gasteiger partial charge is 0.507 e. The van der Waals surface area contributed by atoms with Crippen molar-refractivity contribution < 1.29 is 19.4 Å². The van der Waals surface area contributed by atoms with Crippen molar-refractivity contribution in [2.45, 2.75) is 13.0 Å². The maximum Gasteiger partial charge on any atom is 0.300 e. The number of likely N-dealkylation sites (N-methyl/N-ethyl adjacent to an activating group) is 1. The van der Waals surface area contributed by atoms with E-state index in [0.717, 1.165) is 11.3 Å². The predicted molar refractivity (Wildman–Crippen MR) is 125 cm³/mol. The first-order valence-corrected chi connectivity index (χ1v) is 10.7. The summed E-state index contributed by atoms with van der Waals surface area (Å²) in [5.74, 6) is -0.967. The van der Waals surface area contributed by atoms with E-state index in [-0.39, 0.29) is 11.3 Å². The number of anilines is 2. The van der Waals surface area contributed by atoms with Crippen molar-refractivity contribution in [2.24, 2.45) is 0 Å². The lowest BCUT2D eigenvalue weighted by atomic mass is 9.97. The van der Waals surface area contributed by atoms with Gasteiger partial charge in [-0.2, -0.15) is 0 Å². The van der Waals surface area contributed by atoms with E-state index in [0.29, 0.717) is 35.8 Å². The van der Waals surface area contributed by atoms with Crippen LogP contribution in [-0.4, -0.2) is 42.0 Å². The summed E-state index contributed by atoms with van der Waals surface area (Å²) in [5, 5.41) is 11.3. The van der Waals surface area contributed by atoms with Crippen molar-refractivity contribution >= 4 is 28.8 Å². The van der Waals surface area contributed by atoms with Crippen LogP contribution in [0.2, 0.25) is 0 Å². The average molecular weight is 441 g/mol. The number of hydrogen-bond donors (Lipinski definition) is 1. The fourth-order valence-corrected chi connectivity index (χ4v) is 4.35. The van der Waals surface area contributed by atoms with E-state index >= 15 is 0 Å². The molecule has 0 spiro atoms. The molecule has 1 aromatic heterocycles. The van der Waals surface area contributed by atoms with Gasteiger partial charge in [0.05, 0.1) is 23.5 Å². The number of ketones is 1. The summed E-state index contributed by atoms with van der Waals surface area (Å²) in [5.41, 5.74) is 3.29. The highest BCUT2D eigenvalue weighted by atomic mass is 16.5. The number of aliphatic hydroxyl groups is 1. The Hall–Kier alpha value is -4.13. The van der Waals surface area contributed by atoms with Gasteiger partial charge in [-0.1, -0.05) is 18.2 Å². The van der Waals surface area contributed by atoms with E-state index in [4.69, 9.17) is 4.74 Å². The molecule has 0 bridgehead atoms. The van der Waals surface area contributed by atoms with Crippen molar-refractivity contribution in [3.63, 3.8) is 0 Å². The van der Waals surface area contributed by atoms with Gasteiger partial charge in [-0.05, 0) is 55.0 Å². The van der Waals surface area contributed by atoms with E-state index in [9.17, 15) is 14.7 Å². The Balaban J connectivity index is 1.70. The minimum Gasteiger partial charge on any atom is -0.507 e. The monoisotopic (exact) mass is 441 g/mol. The topological polar surface area (TPSA) is 83.0 Å². The molecule has 0 radical (unpaired) electrons. The highest BCUT2D eigenvalue weighted by Crippen LogP contribution is 2.42. The number of carbonyl (C=O) groups excluding carboxylic acids is 2. The van der Waals surface area contributed by atoms with Gasteiger partial charge in [0, 0.05) is 24.5 Å². The molecule has 7 nitrogen and oxygen atoms in total. The fourth-order valence-electron chi connectivity index (χ4n) is 4.35. The number of rotatable bonds is 3. The Bertz CT molecular complexity index is 1290. The van der Waals surface area contributed by atoms with Crippen LogP contribution in [0, 0.1) is 6.92 Å². The first-order valence-electron chi connectivity index (χ1n) is 10.7. The third-order valence-corrected chi connectivity index (χ3v) is 6.02.